The number of nitrogens with two attached hydrogens (primary N) is 1. The monoisotopic (exact) mass is 647 g/mol. The fourth-order valence-corrected chi connectivity index (χ4v) is 5.46. The summed E-state index contributed by atoms with van der Waals surface area (Å²) in [5.74, 6) is 0.916. The Labute approximate surface area is 275 Å². The molecule has 0 atom stereocenters. The largest absolute Gasteiger partial charge is 0.450 e. The summed E-state index contributed by atoms with van der Waals surface area (Å²) in [6, 6.07) is 13.8. The first-order valence-electron chi connectivity index (χ1n) is 16.2. The van der Waals surface area contributed by atoms with Gasteiger partial charge < -0.3 is 29.6 Å². The lowest BCUT2D eigenvalue weighted by Gasteiger charge is -2.32. The number of rotatable bonds is 16. The molecule has 0 spiro atoms. The predicted octanol–water partition coefficient (Wildman–Crippen LogP) is 5.90. The van der Waals surface area contributed by atoms with Crippen LogP contribution in [-0.4, -0.2) is 88.8 Å². The third-order valence-corrected chi connectivity index (χ3v) is 8.11. The summed E-state index contributed by atoms with van der Waals surface area (Å²) in [6.07, 6.45) is 4.18. The molecular weight excluding hydrogens is 602 g/mol. The molecule has 1 aliphatic heterocycles. The minimum absolute atomic E-state index is 0.0902. The second-order valence-electron chi connectivity index (χ2n) is 12.8. The van der Waals surface area contributed by atoms with Crippen molar-refractivity contribution in [2.45, 2.75) is 46.1 Å². The average molecular weight is 648 g/mol. The Balaban J connectivity index is 1.15. The van der Waals surface area contributed by atoms with Gasteiger partial charge in [0.2, 0.25) is 5.75 Å². The third-order valence-electron chi connectivity index (χ3n) is 8.11. The van der Waals surface area contributed by atoms with Crippen molar-refractivity contribution in [1.82, 2.24) is 24.6 Å². The molecule has 252 valence electrons. The van der Waals surface area contributed by atoms with Crippen LogP contribution in [0.15, 0.2) is 54.9 Å². The summed E-state index contributed by atoms with van der Waals surface area (Å²) in [5, 5.41) is 17.5. The number of nitrogen functional groups attached to an aromatic ring is 1. The van der Waals surface area contributed by atoms with E-state index in [9.17, 15) is 10.1 Å². The highest BCUT2D eigenvalue weighted by atomic mass is 16.6. The molecule has 3 heterocycles. The van der Waals surface area contributed by atoms with Gasteiger partial charge in [-0.15, -0.1) is 0 Å². The van der Waals surface area contributed by atoms with Gasteiger partial charge in [-0.3, -0.25) is 10.1 Å². The molecule has 1 saturated heterocycles. The standard InChI is InChI=1S/C34H45N7O6/c1-34(2,3)13-17-44-19-21-46-22-20-45-18-16-39-14-11-26(12-15-39)40-33-30(32(35)36-24-37-33)31(38-40)25-9-10-29(28(23-25)41(42)43)47-27-7-5-4-6-8-27/h4-10,23-24,26H,11-22H2,1-3H3,(H2,35,36,37). The Morgan fingerprint density at radius 3 is 2.30 bits per heavy atom. The van der Waals surface area contributed by atoms with E-state index in [0.717, 1.165) is 45.5 Å². The van der Waals surface area contributed by atoms with E-state index in [0.29, 0.717) is 61.1 Å². The predicted molar refractivity (Wildman–Crippen MR) is 180 cm³/mol. The highest BCUT2D eigenvalue weighted by molar-refractivity contribution is 5.98. The SMILES string of the molecule is CC(C)(C)CCOCCOCCOCCN1CCC(n2nc(-c3ccc(Oc4ccccc4)c([N+](=O)[O-])c3)c3c(N)ncnc32)CC1. The van der Waals surface area contributed by atoms with Gasteiger partial charge in [0.25, 0.3) is 0 Å². The zero-order chi connectivity index (χ0) is 33.2. The van der Waals surface area contributed by atoms with Crippen molar-refractivity contribution in [2.24, 2.45) is 5.41 Å². The van der Waals surface area contributed by atoms with Gasteiger partial charge in [0.05, 0.1) is 49.4 Å². The summed E-state index contributed by atoms with van der Waals surface area (Å²) < 4.78 is 24.8. The van der Waals surface area contributed by atoms with E-state index in [4.69, 9.17) is 29.8 Å². The maximum atomic E-state index is 12.0. The van der Waals surface area contributed by atoms with Crippen LogP contribution >= 0.6 is 0 Å². The van der Waals surface area contributed by atoms with E-state index in [1.54, 1.807) is 36.4 Å². The number of nitrogens with zero attached hydrogens (tertiary/aromatic N) is 6. The first-order valence-corrected chi connectivity index (χ1v) is 16.2. The van der Waals surface area contributed by atoms with E-state index in [2.05, 4.69) is 35.6 Å². The number of nitro groups is 1. The number of nitro benzene ring substituents is 1. The molecule has 2 aromatic carbocycles. The Bertz CT molecular complexity index is 1600. The first kappa shape index (κ1) is 34.2. The maximum Gasteiger partial charge on any atom is 0.312 e. The van der Waals surface area contributed by atoms with Crippen molar-refractivity contribution in [3.63, 3.8) is 0 Å². The molecule has 5 rings (SSSR count). The van der Waals surface area contributed by atoms with E-state index >= 15 is 0 Å². The third kappa shape index (κ3) is 9.44. The van der Waals surface area contributed by atoms with Gasteiger partial charge in [-0.2, -0.15) is 5.10 Å². The van der Waals surface area contributed by atoms with E-state index in [1.807, 2.05) is 10.7 Å². The molecule has 1 fully saturated rings. The molecule has 0 aliphatic carbocycles. The van der Waals surface area contributed by atoms with E-state index in [-0.39, 0.29) is 28.7 Å². The van der Waals surface area contributed by atoms with Gasteiger partial charge in [-0.05, 0) is 48.9 Å². The Hall–Kier alpha value is -4.17. The van der Waals surface area contributed by atoms with Crippen molar-refractivity contribution >= 4 is 22.5 Å². The van der Waals surface area contributed by atoms with Crippen LogP contribution < -0.4 is 10.5 Å². The molecule has 4 aromatic rings. The van der Waals surface area contributed by atoms with Crippen LogP contribution in [0, 0.1) is 15.5 Å². The Kier molecular flexibility index (Phi) is 11.7. The number of fused-ring (bicyclic) bond motifs is 1. The topological polar surface area (TPSA) is 153 Å². The first-order chi connectivity index (χ1) is 22.7. The van der Waals surface area contributed by atoms with Gasteiger partial charge in [-0.25, -0.2) is 14.6 Å². The molecule has 13 nitrogen and oxygen atoms in total. The molecule has 2 aromatic heterocycles. The zero-order valence-corrected chi connectivity index (χ0v) is 27.5. The van der Waals surface area contributed by atoms with Crippen LogP contribution in [0.5, 0.6) is 11.5 Å². The molecule has 0 unspecified atom stereocenters. The lowest BCUT2D eigenvalue weighted by atomic mass is 9.93. The minimum Gasteiger partial charge on any atom is -0.450 e. The lowest BCUT2D eigenvalue weighted by Crippen LogP contribution is -2.37. The molecule has 0 radical (unpaired) electrons. The summed E-state index contributed by atoms with van der Waals surface area (Å²) in [5.41, 5.74) is 8.09. The van der Waals surface area contributed by atoms with Crippen molar-refractivity contribution in [3.05, 3.63) is 65.0 Å². The summed E-state index contributed by atoms with van der Waals surface area (Å²) in [7, 11) is 0. The smallest absolute Gasteiger partial charge is 0.312 e. The molecule has 0 saturated carbocycles. The molecule has 2 N–H and O–H groups in total. The maximum absolute atomic E-state index is 12.0. The summed E-state index contributed by atoms with van der Waals surface area (Å²) >= 11 is 0. The summed E-state index contributed by atoms with van der Waals surface area (Å²) in [4.78, 5) is 22.7. The van der Waals surface area contributed by atoms with Gasteiger partial charge in [0.15, 0.2) is 5.65 Å². The van der Waals surface area contributed by atoms with Gasteiger partial charge in [0.1, 0.15) is 23.6 Å². The van der Waals surface area contributed by atoms with Crippen molar-refractivity contribution < 1.29 is 23.9 Å². The Morgan fingerprint density at radius 2 is 1.62 bits per heavy atom. The second kappa shape index (κ2) is 16.1. The van der Waals surface area contributed by atoms with E-state index < -0.39 is 4.92 Å². The lowest BCUT2D eigenvalue weighted by molar-refractivity contribution is -0.385. The molecule has 1 aliphatic rings. The highest BCUT2D eigenvalue weighted by Crippen LogP contribution is 2.39. The number of anilines is 1. The van der Waals surface area contributed by atoms with Gasteiger partial charge in [0, 0.05) is 37.9 Å². The molecule has 13 heteroatoms. The highest BCUT2D eigenvalue weighted by Gasteiger charge is 2.27. The van der Waals surface area contributed by atoms with Crippen molar-refractivity contribution in [1.29, 1.82) is 0 Å². The summed E-state index contributed by atoms with van der Waals surface area (Å²) in [6.45, 7) is 12.9. The number of piperidine rings is 1. The van der Waals surface area contributed by atoms with Crippen LogP contribution in [0.1, 0.15) is 46.1 Å². The van der Waals surface area contributed by atoms with Gasteiger partial charge >= 0.3 is 5.69 Å². The molecule has 0 amide bonds. The number of hydrogen-bond acceptors (Lipinski definition) is 11. The fourth-order valence-electron chi connectivity index (χ4n) is 5.46. The van der Waals surface area contributed by atoms with Crippen LogP contribution in [-0.2, 0) is 14.2 Å². The number of ether oxygens (including phenoxy) is 4. The van der Waals surface area contributed by atoms with Crippen LogP contribution in [0.4, 0.5) is 11.5 Å². The van der Waals surface area contributed by atoms with Crippen LogP contribution in [0.2, 0.25) is 0 Å². The average Bonchev–Trinajstić information content (AvgIpc) is 3.45. The Morgan fingerprint density at radius 1 is 0.936 bits per heavy atom. The molecule has 0 bridgehead atoms. The van der Waals surface area contributed by atoms with Crippen molar-refractivity contribution in [2.75, 3.05) is 65.0 Å². The van der Waals surface area contributed by atoms with Crippen LogP contribution in [0.3, 0.4) is 0 Å². The number of aromatic nitrogens is 4. The number of benzene rings is 2. The number of likely N-dealkylation sites (tertiary alicyclic amines) is 1. The quantitative estimate of drug-likeness (QED) is 0.0879. The molecule has 47 heavy (non-hydrogen) atoms. The van der Waals surface area contributed by atoms with Crippen molar-refractivity contribution in [3.8, 4) is 22.8 Å². The number of hydrogen-bond donors (Lipinski definition) is 1. The zero-order valence-electron chi connectivity index (χ0n) is 27.5. The number of para-hydroxylation sites is 1. The molecular formula is C34H45N7O6. The van der Waals surface area contributed by atoms with Crippen LogP contribution in [0.25, 0.3) is 22.3 Å². The second-order valence-corrected chi connectivity index (χ2v) is 12.8. The fraction of sp³-hybridized carbons (Fsp3) is 0.500. The van der Waals surface area contributed by atoms with Gasteiger partial charge in [-0.1, -0.05) is 39.0 Å². The normalized spacial score (nSPS) is 14.5. The van der Waals surface area contributed by atoms with E-state index in [1.165, 1.54) is 12.4 Å². The minimum atomic E-state index is -0.460.